The highest BCUT2D eigenvalue weighted by Crippen LogP contribution is 2.38. The van der Waals surface area contributed by atoms with Gasteiger partial charge >= 0.3 is 0 Å². The monoisotopic (exact) mass is 659 g/mol. The van der Waals surface area contributed by atoms with E-state index in [-0.39, 0.29) is 13.2 Å². The van der Waals surface area contributed by atoms with Crippen LogP contribution in [0.3, 0.4) is 0 Å². The van der Waals surface area contributed by atoms with Gasteiger partial charge in [0.05, 0.1) is 33.8 Å². The van der Waals surface area contributed by atoms with E-state index in [9.17, 15) is 10.2 Å². The number of aromatic nitrogens is 5. The van der Waals surface area contributed by atoms with Crippen LogP contribution >= 0.6 is 0 Å². The van der Waals surface area contributed by atoms with Crippen molar-refractivity contribution in [3.8, 4) is 0 Å². The molecule has 0 radical (unpaired) electrons. The van der Waals surface area contributed by atoms with E-state index < -0.39 is 0 Å². The van der Waals surface area contributed by atoms with Gasteiger partial charge < -0.3 is 25.2 Å². The molecule has 49 heavy (non-hydrogen) atoms. The van der Waals surface area contributed by atoms with Crippen molar-refractivity contribution in [2.45, 2.75) is 107 Å². The highest BCUT2D eigenvalue weighted by atomic mass is 16.3. The molecule has 4 aromatic rings. The van der Waals surface area contributed by atoms with E-state index in [1.54, 1.807) is 0 Å². The van der Waals surface area contributed by atoms with Gasteiger partial charge in [-0.2, -0.15) is 0 Å². The van der Waals surface area contributed by atoms with E-state index >= 15 is 0 Å². The molecule has 0 spiro atoms. The van der Waals surface area contributed by atoms with Crippen molar-refractivity contribution < 1.29 is 10.2 Å². The lowest BCUT2D eigenvalue weighted by molar-refractivity contribution is 0.290. The van der Waals surface area contributed by atoms with E-state index in [1.165, 1.54) is 39.0 Å². The molecule has 5 N–H and O–H groups in total. The predicted molar refractivity (Wildman–Crippen MR) is 206 cm³/mol. The Labute approximate surface area is 290 Å². The Kier molecular flexibility index (Phi) is 10.1. The summed E-state index contributed by atoms with van der Waals surface area (Å²) >= 11 is 0. The summed E-state index contributed by atoms with van der Waals surface area (Å²) in [5, 5.41) is 19.6. The molecule has 2 aliphatic rings. The topological polar surface area (TPSA) is 114 Å². The minimum Gasteiger partial charge on any atom is -0.396 e. The summed E-state index contributed by atoms with van der Waals surface area (Å²) in [7, 11) is 0. The van der Waals surface area contributed by atoms with Gasteiger partial charge in [-0.05, 0) is 159 Å². The van der Waals surface area contributed by atoms with E-state index in [0.717, 1.165) is 111 Å². The third-order valence-electron chi connectivity index (χ3n) is 10.8. The fourth-order valence-corrected chi connectivity index (χ4v) is 8.11. The SMILES string of the molecule is CCc1c(CC)c2cc3[nH]c(c(C)c3CC)c3[nH]c(cc4nc(cc5nc(cc1[nH]2)C(CCCO)=C5C)C(CCCO)=C4C)c(CC)c3C. The maximum Gasteiger partial charge on any atom is 0.0694 e. The summed E-state index contributed by atoms with van der Waals surface area (Å²) in [5.41, 5.74) is 22.9. The zero-order valence-electron chi connectivity index (χ0n) is 30.7. The van der Waals surface area contributed by atoms with Crippen molar-refractivity contribution >= 4 is 55.4 Å². The van der Waals surface area contributed by atoms with Gasteiger partial charge in [-0.25, -0.2) is 9.97 Å². The number of hydrogen-bond acceptors (Lipinski definition) is 4. The summed E-state index contributed by atoms with van der Waals surface area (Å²) in [6.07, 6.45) is 6.51. The van der Waals surface area contributed by atoms with Crippen molar-refractivity contribution in [1.82, 2.24) is 24.9 Å². The minimum absolute atomic E-state index is 0.132. The largest absolute Gasteiger partial charge is 0.396 e. The first-order chi connectivity index (χ1) is 23.7. The average molecular weight is 660 g/mol. The predicted octanol–water partition coefficient (Wildman–Crippen LogP) is 9.63. The van der Waals surface area contributed by atoms with Gasteiger partial charge in [0.1, 0.15) is 0 Å². The Hall–Kier alpha value is -4.20. The van der Waals surface area contributed by atoms with Gasteiger partial charge in [0, 0.05) is 35.3 Å². The third kappa shape index (κ3) is 6.12. The molecule has 7 heteroatoms. The number of aryl methyl sites for hydroxylation is 6. The summed E-state index contributed by atoms with van der Waals surface area (Å²) in [6.45, 7) is 18.0. The van der Waals surface area contributed by atoms with Gasteiger partial charge in [-0.3, -0.25) is 0 Å². The molecule has 0 aromatic carbocycles. The standard InChI is InChI=1S/C42H53N5O2/c1-9-27-25(7)41-42-26(8)28(10-2)36(47-42)21-37-29(11-3)30(12-4)38(45-37)22-40-32(16-14-18-49)24(6)34(44-40)20-39-31(15-13-17-48)23(5)33(43-39)19-35(27)46-41/h19-22,45-49H,9-18H2,1-8H3. The van der Waals surface area contributed by atoms with Crippen LogP contribution in [0.15, 0.2) is 24.3 Å². The second-order valence-electron chi connectivity index (χ2n) is 13.6. The van der Waals surface area contributed by atoms with Crippen molar-refractivity contribution in [2.75, 3.05) is 13.2 Å². The first-order valence-corrected chi connectivity index (χ1v) is 18.3. The van der Waals surface area contributed by atoms with Crippen LogP contribution < -0.4 is 0 Å². The number of allylic oxidation sites excluding steroid dienone is 4. The van der Waals surface area contributed by atoms with E-state index in [4.69, 9.17) is 9.97 Å². The summed E-state index contributed by atoms with van der Waals surface area (Å²) in [6, 6.07) is 8.88. The highest BCUT2D eigenvalue weighted by molar-refractivity contribution is 5.96. The zero-order chi connectivity index (χ0) is 35.0. The number of H-pyrrole nitrogens is 3. The van der Waals surface area contributed by atoms with E-state index in [2.05, 4.69) is 94.6 Å². The molecular weight excluding hydrogens is 606 g/mol. The summed E-state index contributed by atoms with van der Waals surface area (Å²) in [5.74, 6) is 0. The molecule has 10 bridgehead atoms. The maximum atomic E-state index is 9.81. The Morgan fingerprint density at radius 3 is 1.35 bits per heavy atom. The molecule has 258 valence electrons. The summed E-state index contributed by atoms with van der Waals surface area (Å²) < 4.78 is 0. The number of aliphatic hydroxyl groups is 2. The van der Waals surface area contributed by atoms with Gasteiger partial charge in [0.25, 0.3) is 0 Å². The van der Waals surface area contributed by atoms with Crippen LogP contribution in [0.1, 0.15) is 123 Å². The van der Waals surface area contributed by atoms with Crippen LogP contribution in [0.4, 0.5) is 0 Å². The van der Waals surface area contributed by atoms with Crippen molar-refractivity contribution in [2.24, 2.45) is 0 Å². The molecule has 0 amide bonds. The fraction of sp³-hybridized carbons (Fsp3) is 0.429. The summed E-state index contributed by atoms with van der Waals surface area (Å²) in [4.78, 5) is 22.0. The van der Waals surface area contributed by atoms with E-state index in [1.807, 2.05) is 0 Å². The number of hydrogen-bond donors (Lipinski definition) is 5. The lowest BCUT2D eigenvalue weighted by atomic mass is 9.99. The number of nitrogens with zero attached hydrogens (tertiary/aromatic N) is 2. The van der Waals surface area contributed by atoms with Crippen LogP contribution in [-0.2, 0) is 25.7 Å². The Balaban J connectivity index is 1.82. The van der Waals surface area contributed by atoms with Crippen molar-refractivity contribution in [3.05, 3.63) is 80.4 Å². The Morgan fingerprint density at radius 1 is 0.490 bits per heavy atom. The number of nitrogens with one attached hydrogen (secondary N) is 3. The number of rotatable bonds is 10. The number of aromatic amines is 3. The second kappa shape index (κ2) is 14.3. The Bertz CT molecular complexity index is 2190. The number of aliphatic hydroxyl groups excluding tert-OH is 2. The molecule has 0 atom stereocenters. The van der Waals surface area contributed by atoms with Crippen LogP contribution in [0, 0.1) is 13.8 Å². The lowest BCUT2D eigenvalue weighted by Gasteiger charge is -2.04. The van der Waals surface area contributed by atoms with E-state index in [0.29, 0.717) is 12.8 Å². The molecule has 0 saturated heterocycles. The van der Waals surface area contributed by atoms with Gasteiger partial charge in [0.2, 0.25) is 0 Å². The fourth-order valence-electron chi connectivity index (χ4n) is 8.11. The van der Waals surface area contributed by atoms with Gasteiger partial charge in [0.15, 0.2) is 0 Å². The minimum atomic E-state index is 0.132. The quantitative estimate of drug-likeness (QED) is 0.117. The molecule has 7 nitrogen and oxygen atoms in total. The van der Waals surface area contributed by atoms with Crippen molar-refractivity contribution in [3.63, 3.8) is 0 Å². The number of fused-ring (bicyclic) bond motifs is 11. The molecular formula is C42H53N5O2. The van der Waals surface area contributed by atoms with Crippen LogP contribution in [0.5, 0.6) is 0 Å². The first-order valence-electron chi connectivity index (χ1n) is 18.3. The molecule has 6 rings (SSSR count). The normalized spacial score (nSPS) is 13.3. The van der Waals surface area contributed by atoms with Crippen LogP contribution in [0.25, 0.3) is 55.4 Å². The first kappa shape index (κ1) is 34.7. The molecule has 0 unspecified atom stereocenters. The third-order valence-corrected chi connectivity index (χ3v) is 10.8. The second-order valence-corrected chi connectivity index (χ2v) is 13.6. The van der Waals surface area contributed by atoms with Gasteiger partial charge in [-0.15, -0.1) is 0 Å². The Morgan fingerprint density at radius 2 is 0.878 bits per heavy atom. The average Bonchev–Trinajstić information content (AvgIpc) is 3.84. The van der Waals surface area contributed by atoms with Crippen LogP contribution in [-0.4, -0.2) is 48.3 Å². The molecule has 0 saturated carbocycles. The molecule has 0 fully saturated rings. The molecule has 2 aliphatic heterocycles. The smallest absolute Gasteiger partial charge is 0.0694 e. The van der Waals surface area contributed by atoms with Crippen molar-refractivity contribution in [1.29, 1.82) is 0 Å². The maximum absolute atomic E-state index is 9.81. The highest BCUT2D eigenvalue weighted by Gasteiger charge is 2.22. The molecule has 4 aromatic heterocycles. The van der Waals surface area contributed by atoms with Gasteiger partial charge in [-0.1, -0.05) is 27.7 Å². The lowest BCUT2D eigenvalue weighted by Crippen LogP contribution is -1.89. The zero-order valence-corrected chi connectivity index (χ0v) is 30.7. The molecule has 0 aliphatic carbocycles. The molecule has 6 heterocycles. The van der Waals surface area contributed by atoms with Crippen LogP contribution in [0.2, 0.25) is 0 Å².